The third kappa shape index (κ3) is 3.59. The van der Waals surface area contributed by atoms with Gasteiger partial charge in [0.2, 0.25) is 5.91 Å². The van der Waals surface area contributed by atoms with Crippen LogP contribution < -0.4 is 5.32 Å². The number of fused-ring (bicyclic) bond motifs is 1. The van der Waals surface area contributed by atoms with Gasteiger partial charge in [-0.2, -0.15) is 0 Å². The monoisotopic (exact) mass is 304 g/mol. The van der Waals surface area contributed by atoms with Crippen molar-refractivity contribution < 1.29 is 9.21 Å². The van der Waals surface area contributed by atoms with Crippen molar-refractivity contribution in [1.29, 1.82) is 0 Å². The number of aromatic nitrogens is 1. The molecule has 2 atom stereocenters. The molecule has 21 heavy (non-hydrogen) atoms. The molecule has 1 amide bonds. The summed E-state index contributed by atoms with van der Waals surface area (Å²) in [5.41, 5.74) is 1.60. The second-order valence-electron chi connectivity index (χ2n) is 5.67. The molecule has 112 valence electrons. The molecule has 0 bridgehead atoms. The van der Waals surface area contributed by atoms with Gasteiger partial charge in [-0.1, -0.05) is 43.7 Å². The van der Waals surface area contributed by atoms with E-state index >= 15 is 0 Å². The number of hydrogen-bond donors (Lipinski definition) is 1. The number of oxazole rings is 1. The Morgan fingerprint density at radius 3 is 3.00 bits per heavy atom. The molecule has 1 aromatic heterocycles. The molecule has 0 radical (unpaired) electrons. The Hall–Kier alpha value is -1.49. The van der Waals surface area contributed by atoms with E-state index in [4.69, 9.17) is 4.42 Å². The van der Waals surface area contributed by atoms with Gasteiger partial charge in [0.05, 0.1) is 5.75 Å². The molecule has 5 heteroatoms. The van der Waals surface area contributed by atoms with E-state index in [2.05, 4.69) is 17.2 Å². The number of nitrogens with zero attached hydrogens (tertiary/aromatic N) is 1. The molecule has 3 rings (SSSR count). The number of hydrogen-bond acceptors (Lipinski definition) is 4. The fourth-order valence-electron chi connectivity index (χ4n) is 2.82. The minimum atomic E-state index is 0.0704. The van der Waals surface area contributed by atoms with E-state index in [9.17, 15) is 4.79 Å². The van der Waals surface area contributed by atoms with Crippen molar-refractivity contribution in [3.63, 3.8) is 0 Å². The Labute approximate surface area is 128 Å². The number of carbonyl (C=O) groups excluding carboxylic acids is 1. The van der Waals surface area contributed by atoms with Gasteiger partial charge in [-0.3, -0.25) is 4.79 Å². The van der Waals surface area contributed by atoms with E-state index < -0.39 is 0 Å². The van der Waals surface area contributed by atoms with Gasteiger partial charge in [0.25, 0.3) is 5.22 Å². The highest BCUT2D eigenvalue weighted by Crippen LogP contribution is 2.25. The van der Waals surface area contributed by atoms with Crippen LogP contribution in [0.4, 0.5) is 0 Å². The lowest BCUT2D eigenvalue weighted by Crippen LogP contribution is -2.41. The second-order valence-corrected chi connectivity index (χ2v) is 6.60. The molecule has 4 nitrogen and oxygen atoms in total. The van der Waals surface area contributed by atoms with E-state index in [0.29, 0.717) is 22.9 Å². The first kappa shape index (κ1) is 14.4. The molecule has 0 spiro atoms. The van der Waals surface area contributed by atoms with Gasteiger partial charge in [0.1, 0.15) is 5.52 Å². The summed E-state index contributed by atoms with van der Waals surface area (Å²) in [6, 6.07) is 7.97. The lowest BCUT2D eigenvalue weighted by molar-refractivity contribution is -0.119. The van der Waals surface area contributed by atoms with Crippen LogP contribution in [-0.4, -0.2) is 22.7 Å². The van der Waals surface area contributed by atoms with E-state index in [0.717, 1.165) is 17.5 Å². The Morgan fingerprint density at radius 2 is 2.19 bits per heavy atom. The Balaban J connectivity index is 1.53. The molecule has 1 aliphatic carbocycles. The predicted molar refractivity (Wildman–Crippen MR) is 84.3 cm³/mol. The summed E-state index contributed by atoms with van der Waals surface area (Å²) < 4.78 is 5.60. The van der Waals surface area contributed by atoms with Crippen molar-refractivity contribution in [2.45, 2.75) is 43.9 Å². The van der Waals surface area contributed by atoms with Crippen LogP contribution in [0, 0.1) is 5.92 Å². The first-order valence-electron chi connectivity index (χ1n) is 7.50. The minimum absolute atomic E-state index is 0.0704. The lowest BCUT2D eigenvalue weighted by atomic mass is 9.86. The molecule has 2 aromatic rings. The number of para-hydroxylation sites is 2. The standard InChI is InChI=1S/C16H20N2O2S/c1-11-6-2-3-7-12(11)17-15(19)10-21-16-18-13-8-4-5-9-14(13)20-16/h4-5,8-9,11-12H,2-3,6-7,10H2,1H3,(H,17,19)/t11-,12+/m1/s1. The Bertz CT molecular complexity index is 593. The van der Waals surface area contributed by atoms with Crippen LogP contribution >= 0.6 is 11.8 Å². The van der Waals surface area contributed by atoms with Crippen molar-refractivity contribution in [3.8, 4) is 0 Å². The molecule has 0 aliphatic heterocycles. The topological polar surface area (TPSA) is 55.1 Å². The van der Waals surface area contributed by atoms with Crippen molar-refractivity contribution >= 4 is 28.8 Å². The fourth-order valence-corrected chi connectivity index (χ4v) is 3.47. The van der Waals surface area contributed by atoms with Gasteiger partial charge in [-0.25, -0.2) is 4.98 Å². The highest BCUT2D eigenvalue weighted by molar-refractivity contribution is 7.99. The number of rotatable bonds is 4. The molecule has 1 heterocycles. The van der Waals surface area contributed by atoms with Crippen LogP contribution in [0.5, 0.6) is 0 Å². The van der Waals surface area contributed by atoms with Crippen LogP contribution in [0.3, 0.4) is 0 Å². The minimum Gasteiger partial charge on any atom is -0.431 e. The van der Waals surface area contributed by atoms with Crippen molar-refractivity contribution in [2.75, 3.05) is 5.75 Å². The van der Waals surface area contributed by atoms with E-state index in [1.165, 1.54) is 31.0 Å². The fraction of sp³-hybridized carbons (Fsp3) is 0.500. The summed E-state index contributed by atoms with van der Waals surface area (Å²) in [5.74, 6) is 1.01. The maximum Gasteiger partial charge on any atom is 0.257 e. The zero-order chi connectivity index (χ0) is 14.7. The summed E-state index contributed by atoms with van der Waals surface area (Å²) in [5, 5.41) is 3.70. The SMILES string of the molecule is C[C@@H]1CCCC[C@@H]1NC(=O)CSc1nc2ccccc2o1. The normalized spacial score (nSPS) is 22.3. The highest BCUT2D eigenvalue weighted by atomic mass is 32.2. The predicted octanol–water partition coefficient (Wildman–Crippen LogP) is 3.61. The maximum absolute atomic E-state index is 12.0. The third-order valence-corrected chi connectivity index (χ3v) is 4.89. The molecule has 1 aliphatic rings. The van der Waals surface area contributed by atoms with Crippen LogP contribution in [0.2, 0.25) is 0 Å². The van der Waals surface area contributed by atoms with Crippen LogP contribution in [0.15, 0.2) is 33.9 Å². The van der Waals surface area contributed by atoms with Gasteiger partial charge < -0.3 is 9.73 Å². The summed E-state index contributed by atoms with van der Waals surface area (Å²) in [6.07, 6.45) is 4.81. The van der Waals surface area contributed by atoms with Crippen LogP contribution in [0.1, 0.15) is 32.6 Å². The van der Waals surface area contributed by atoms with E-state index in [1.807, 2.05) is 24.3 Å². The number of amides is 1. The number of nitrogens with one attached hydrogen (secondary N) is 1. The molecular formula is C16H20N2O2S. The highest BCUT2D eigenvalue weighted by Gasteiger charge is 2.22. The van der Waals surface area contributed by atoms with Gasteiger partial charge in [-0.05, 0) is 30.9 Å². The largest absolute Gasteiger partial charge is 0.431 e. The van der Waals surface area contributed by atoms with E-state index in [-0.39, 0.29) is 5.91 Å². The zero-order valence-electron chi connectivity index (χ0n) is 12.2. The smallest absolute Gasteiger partial charge is 0.257 e. The zero-order valence-corrected chi connectivity index (χ0v) is 13.0. The first-order valence-corrected chi connectivity index (χ1v) is 8.48. The average Bonchev–Trinajstić information content (AvgIpc) is 2.90. The number of thioether (sulfide) groups is 1. The van der Waals surface area contributed by atoms with Gasteiger partial charge in [0.15, 0.2) is 5.58 Å². The first-order chi connectivity index (χ1) is 10.2. The molecule has 1 aromatic carbocycles. The molecule has 1 N–H and O–H groups in total. The molecule has 0 saturated heterocycles. The van der Waals surface area contributed by atoms with Crippen molar-refractivity contribution in [2.24, 2.45) is 5.92 Å². The number of carbonyl (C=O) groups is 1. The van der Waals surface area contributed by atoms with E-state index in [1.54, 1.807) is 0 Å². The summed E-state index contributed by atoms with van der Waals surface area (Å²) in [7, 11) is 0. The van der Waals surface area contributed by atoms with Crippen molar-refractivity contribution in [1.82, 2.24) is 10.3 Å². The quantitative estimate of drug-likeness (QED) is 0.877. The Morgan fingerprint density at radius 1 is 1.38 bits per heavy atom. The molecule has 1 saturated carbocycles. The van der Waals surface area contributed by atoms with Crippen molar-refractivity contribution in [3.05, 3.63) is 24.3 Å². The second kappa shape index (κ2) is 6.52. The summed E-state index contributed by atoms with van der Waals surface area (Å²) in [6.45, 7) is 2.22. The molecule has 0 unspecified atom stereocenters. The van der Waals surface area contributed by atoms with Crippen LogP contribution in [0.25, 0.3) is 11.1 Å². The third-order valence-electron chi connectivity index (χ3n) is 4.06. The Kier molecular flexibility index (Phi) is 4.48. The molecule has 1 fully saturated rings. The van der Waals surface area contributed by atoms with Gasteiger partial charge in [0, 0.05) is 6.04 Å². The average molecular weight is 304 g/mol. The molecular weight excluding hydrogens is 284 g/mol. The summed E-state index contributed by atoms with van der Waals surface area (Å²) in [4.78, 5) is 16.4. The van der Waals surface area contributed by atoms with Gasteiger partial charge in [-0.15, -0.1) is 0 Å². The van der Waals surface area contributed by atoms with Crippen LogP contribution in [-0.2, 0) is 4.79 Å². The maximum atomic E-state index is 12.0. The lowest BCUT2D eigenvalue weighted by Gasteiger charge is -2.29. The van der Waals surface area contributed by atoms with Gasteiger partial charge >= 0.3 is 0 Å². The summed E-state index contributed by atoms with van der Waals surface area (Å²) >= 11 is 1.35. The number of benzene rings is 1.